The van der Waals surface area contributed by atoms with Crippen LogP contribution in [0, 0.1) is 0 Å². The van der Waals surface area contributed by atoms with Gasteiger partial charge >= 0.3 is 0 Å². The Labute approximate surface area is 105 Å². The van der Waals surface area contributed by atoms with Gasteiger partial charge in [-0.1, -0.05) is 30.1 Å². The molecule has 1 aromatic rings. The van der Waals surface area contributed by atoms with Gasteiger partial charge in [0, 0.05) is 12.5 Å². The number of carbonyl (C=O) groups is 1. The summed E-state index contributed by atoms with van der Waals surface area (Å²) in [5.41, 5.74) is 0.505. The molecule has 1 rings (SSSR count). The average molecular weight is 262 g/mol. The summed E-state index contributed by atoms with van der Waals surface area (Å²) >= 11 is 11.9. The summed E-state index contributed by atoms with van der Waals surface area (Å²) in [5.74, 6) is 0.408. The third kappa shape index (κ3) is 3.29. The molecule has 5 heteroatoms. The Hall–Kier alpha value is -0.930. The molecule has 16 heavy (non-hydrogen) atoms. The van der Waals surface area contributed by atoms with E-state index in [2.05, 4.69) is 5.32 Å². The first-order chi connectivity index (χ1) is 7.58. The van der Waals surface area contributed by atoms with Crippen molar-refractivity contribution < 1.29 is 9.53 Å². The molecular weight excluding hydrogens is 249 g/mol. The number of methoxy groups -OCH3 is 1. The first kappa shape index (κ1) is 13.1. The Morgan fingerprint density at radius 1 is 1.38 bits per heavy atom. The highest BCUT2D eigenvalue weighted by atomic mass is 35.5. The number of hydrogen-bond donors (Lipinski definition) is 1. The summed E-state index contributed by atoms with van der Waals surface area (Å²) < 4.78 is 5.00. The van der Waals surface area contributed by atoms with E-state index < -0.39 is 0 Å². The normalized spacial score (nSPS) is 10.0. The van der Waals surface area contributed by atoms with Crippen molar-refractivity contribution >= 4 is 34.8 Å². The van der Waals surface area contributed by atoms with Crippen LogP contribution in [0.1, 0.15) is 19.8 Å². The van der Waals surface area contributed by atoms with Crippen LogP contribution in [-0.4, -0.2) is 13.0 Å². The van der Waals surface area contributed by atoms with E-state index in [-0.39, 0.29) is 5.91 Å². The lowest BCUT2D eigenvalue weighted by molar-refractivity contribution is -0.116. The largest absolute Gasteiger partial charge is 0.495 e. The predicted molar refractivity (Wildman–Crippen MR) is 66.6 cm³/mol. The van der Waals surface area contributed by atoms with Crippen LogP contribution in [0.15, 0.2) is 12.1 Å². The van der Waals surface area contributed by atoms with Gasteiger partial charge in [-0.3, -0.25) is 4.79 Å². The van der Waals surface area contributed by atoms with Crippen LogP contribution in [0.2, 0.25) is 10.0 Å². The van der Waals surface area contributed by atoms with E-state index in [0.717, 1.165) is 6.42 Å². The molecule has 0 atom stereocenters. The number of ether oxygens (including phenoxy) is 1. The molecule has 0 fully saturated rings. The zero-order valence-electron chi connectivity index (χ0n) is 9.14. The smallest absolute Gasteiger partial charge is 0.224 e. The Bertz CT molecular complexity index is 394. The van der Waals surface area contributed by atoms with Crippen molar-refractivity contribution in [2.45, 2.75) is 19.8 Å². The molecule has 0 radical (unpaired) electrons. The molecule has 0 aromatic heterocycles. The van der Waals surface area contributed by atoms with Gasteiger partial charge in [0.15, 0.2) is 0 Å². The van der Waals surface area contributed by atoms with Crippen molar-refractivity contribution in [2.75, 3.05) is 12.4 Å². The van der Waals surface area contributed by atoms with Crippen LogP contribution < -0.4 is 10.1 Å². The van der Waals surface area contributed by atoms with Gasteiger partial charge in [-0.25, -0.2) is 0 Å². The zero-order valence-corrected chi connectivity index (χ0v) is 10.7. The fourth-order valence-electron chi connectivity index (χ4n) is 1.22. The molecule has 88 valence electrons. The number of halogens is 2. The van der Waals surface area contributed by atoms with Crippen LogP contribution in [-0.2, 0) is 4.79 Å². The highest BCUT2D eigenvalue weighted by Gasteiger charge is 2.09. The van der Waals surface area contributed by atoms with Gasteiger partial charge in [0.2, 0.25) is 5.91 Å². The van der Waals surface area contributed by atoms with Gasteiger partial charge in [-0.2, -0.15) is 0 Å². The van der Waals surface area contributed by atoms with Gasteiger partial charge in [-0.05, 0) is 12.5 Å². The SMILES string of the molecule is CCCC(=O)Nc1cc(Cl)c(OC)cc1Cl. The molecule has 0 aliphatic heterocycles. The van der Waals surface area contributed by atoms with Gasteiger partial charge in [0.25, 0.3) is 0 Å². The maximum atomic E-state index is 11.4. The lowest BCUT2D eigenvalue weighted by Crippen LogP contribution is -2.11. The number of amides is 1. The minimum absolute atomic E-state index is 0.0781. The van der Waals surface area contributed by atoms with Gasteiger partial charge in [0.05, 0.1) is 22.8 Å². The maximum absolute atomic E-state index is 11.4. The second kappa shape index (κ2) is 5.97. The van der Waals surface area contributed by atoms with E-state index in [1.165, 1.54) is 7.11 Å². The monoisotopic (exact) mass is 261 g/mol. The fraction of sp³-hybridized carbons (Fsp3) is 0.364. The van der Waals surface area contributed by atoms with E-state index in [0.29, 0.717) is 27.9 Å². The number of benzene rings is 1. The molecule has 0 bridgehead atoms. The topological polar surface area (TPSA) is 38.3 Å². The highest BCUT2D eigenvalue weighted by molar-refractivity contribution is 6.36. The van der Waals surface area contributed by atoms with Crippen molar-refractivity contribution in [3.63, 3.8) is 0 Å². The van der Waals surface area contributed by atoms with E-state index in [1.54, 1.807) is 12.1 Å². The molecule has 1 amide bonds. The van der Waals surface area contributed by atoms with E-state index in [1.807, 2.05) is 6.92 Å². The lowest BCUT2D eigenvalue weighted by atomic mass is 10.2. The first-order valence-electron chi connectivity index (χ1n) is 4.91. The molecule has 1 aromatic carbocycles. The van der Waals surface area contributed by atoms with Crippen molar-refractivity contribution in [3.8, 4) is 5.75 Å². The third-order valence-electron chi connectivity index (χ3n) is 1.99. The molecule has 0 unspecified atom stereocenters. The number of rotatable bonds is 4. The molecule has 0 spiro atoms. The summed E-state index contributed by atoms with van der Waals surface area (Å²) in [4.78, 5) is 11.4. The number of hydrogen-bond acceptors (Lipinski definition) is 2. The summed E-state index contributed by atoms with van der Waals surface area (Å²) in [6.45, 7) is 1.93. The fourth-order valence-corrected chi connectivity index (χ4v) is 1.66. The van der Waals surface area contributed by atoms with Crippen LogP contribution in [0.5, 0.6) is 5.75 Å². The van der Waals surface area contributed by atoms with Crippen LogP contribution in [0.25, 0.3) is 0 Å². The number of nitrogens with one attached hydrogen (secondary N) is 1. The van der Waals surface area contributed by atoms with Crippen molar-refractivity contribution in [1.82, 2.24) is 0 Å². The second-order valence-corrected chi connectivity index (χ2v) is 4.08. The molecule has 0 aliphatic carbocycles. The van der Waals surface area contributed by atoms with Gasteiger partial charge in [0.1, 0.15) is 5.75 Å². The Morgan fingerprint density at radius 2 is 2.06 bits per heavy atom. The second-order valence-electron chi connectivity index (χ2n) is 3.26. The lowest BCUT2D eigenvalue weighted by Gasteiger charge is -2.09. The predicted octanol–water partition coefficient (Wildman–Crippen LogP) is 3.74. The summed E-state index contributed by atoms with van der Waals surface area (Å²) in [6, 6.07) is 3.15. The Balaban J connectivity index is 2.89. The highest BCUT2D eigenvalue weighted by Crippen LogP contribution is 2.34. The Morgan fingerprint density at radius 3 is 2.62 bits per heavy atom. The van der Waals surface area contributed by atoms with Crippen LogP contribution in [0.3, 0.4) is 0 Å². The van der Waals surface area contributed by atoms with E-state index in [4.69, 9.17) is 27.9 Å². The molecular formula is C11H13Cl2NO2. The van der Waals surface area contributed by atoms with Crippen LogP contribution in [0.4, 0.5) is 5.69 Å². The van der Waals surface area contributed by atoms with Crippen molar-refractivity contribution in [3.05, 3.63) is 22.2 Å². The third-order valence-corrected chi connectivity index (χ3v) is 2.60. The number of anilines is 1. The van der Waals surface area contributed by atoms with E-state index in [9.17, 15) is 4.79 Å². The minimum atomic E-state index is -0.0781. The molecule has 3 nitrogen and oxygen atoms in total. The summed E-state index contributed by atoms with van der Waals surface area (Å²) in [7, 11) is 1.51. The first-order valence-corrected chi connectivity index (χ1v) is 5.67. The Kier molecular flexibility index (Phi) is 4.90. The summed E-state index contributed by atoms with van der Waals surface area (Å²) in [5, 5.41) is 3.52. The number of carbonyl (C=O) groups excluding carboxylic acids is 1. The quantitative estimate of drug-likeness (QED) is 0.897. The standard InChI is InChI=1S/C11H13Cl2NO2/c1-3-4-11(15)14-9-5-8(13)10(16-2)6-7(9)12/h5-6H,3-4H2,1-2H3,(H,14,15). The molecule has 1 N–H and O–H groups in total. The molecule has 0 saturated heterocycles. The molecule has 0 aliphatic rings. The van der Waals surface area contributed by atoms with Gasteiger partial charge < -0.3 is 10.1 Å². The van der Waals surface area contributed by atoms with Crippen LogP contribution >= 0.6 is 23.2 Å². The van der Waals surface area contributed by atoms with Crippen molar-refractivity contribution in [1.29, 1.82) is 0 Å². The van der Waals surface area contributed by atoms with Crippen molar-refractivity contribution in [2.24, 2.45) is 0 Å². The van der Waals surface area contributed by atoms with Gasteiger partial charge in [-0.15, -0.1) is 0 Å². The summed E-state index contributed by atoms with van der Waals surface area (Å²) in [6.07, 6.45) is 1.24. The zero-order chi connectivity index (χ0) is 12.1. The maximum Gasteiger partial charge on any atom is 0.224 e. The minimum Gasteiger partial charge on any atom is -0.495 e. The van der Waals surface area contributed by atoms with E-state index >= 15 is 0 Å². The average Bonchev–Trinajstić information content (AvgIpc) is 2.23. The molecule has 0 saturated carbocycles. The molecule has 0 heterocycles.